The Balaban J connectivity index is 2.84. The summed E-state index contributed by atoms with van der Waals surface area (Å²) in [5, 5.41) is 3.35. The molecule has 1 N–H and O–H groups in total. The minimum atomic E-state index is 0.825. The van der Waals surface area contributed by atoms with Crippen LogP contribution in [0.15, 0.2) is 0 Å². The fraction of sp³-hybridized carbons (Fsp3) is 1.00. The smallest absolute Gasteiger partial charge is 0.0587 e. The van der Waals surface area contributed by atoms with Crippen LogP contribution in [0.25, 0.3) is 0 Å². The van der Waals surface area contributed by atoms with Gasteiger partial charge in [-0.3, -0.25) is 0 Å². The van der Waals surface area contributed by atoms with Crippen LogP contribution in [-0.4, -0.2) is 26.8 Å². The van der Waals surface area contributed by atoms with Crippen molar-refractivity contribution >= 4 is 0 Å². The Morgan fingerprint density at radius 3 is 2.46 bits per heavy atom. The van der Waals surface area contributed by atoms with Crippen molar-refractivity contribution in [3.8, 4) is 0 Å². The van der Waals surface area contributed by atoms with Crippen LogP contribution in [0, 0.1) is 5.92 Å². The van der Waals surface area contributed by atoms with Gasteiger partial charge >= 0.3 is 0 Å². The van der Waals surface area contributed by atoms with E-state index < -0.39 is 0 Å². The number of hydrogen-bond acceptors (Lipinski definition) is 2. The van der Waals surface area contributed by atoms with E-state index in [-0.39, 0.29) is 0 Å². The lowest BCUT2D eigenvalue weighted by atomic mass is 10.1. The molecule has 80 valence electrons. The van der Waals surface area contributed by atoms with Gasteiger partial charge in [0.15, 0.2) is 0 Å². The molecule has 0 saturated heterocycles. The fourth-order valence-corrected chi connectivity index (χ4v) is 1.28. The lowest BCUT2D eigenvalue weighted by Gasteiger charge is -2.05. The van der Waals surface area contributed by atoms with E-state index in [0.29, 0.717) is 0 Å². The first-order chi connectivity index (χ1) is 6.27. The van der Waals surface area contributed by atoms with Crippen molar-refractivity contribution in [2.75, 3.05) is 26.8 Å². The van der Waals surface area contributed by atoms with E-state index in [4.69, 9.17) is 4.74 Å². The quantitative estimate of drug-likeness (QED) is 0.560. The topological polar surface area (TPSA) is 21.3 Å². The van der Waals surface area contributed by atoms with Crippen molar-refractivity contribution in [1.82, 2.24) is 5.32 Å². The average molecular weight is 187 g/mol. The highest BCUT2D eigenvalue weighted by Gasteiger charge is 1.93. The van der Waals surface area contributed by atoms with Crippen LogP contribution in [0.3, 0.4) is 0 Å². The van der Waals surface area contributed by atoms with Gasteiger partial charge in [-0.15, -0.1) is 0 Å². The van der Waals surface area contributed by atoms with E-state index in [1.807, 2.05) is 0 Å². The molecule has 0 aliphatic rings. The summed E-state index contributed by atoms with van der Waals surface area (Å²) in [6, 6.07) is 0. The van der Waals surface area contributed by atoms with Crippen molar-refractivity contribution in [3.05, 3.63) is 0 Å². The number of rotatable bonds is 9. The zero-order valence-electron chi connectivity index (χ0n) is 9.44. The van der Waals surface area contributed by atoms with E-state index in [9.17, 15) is 0 Å². The van der Waals surface area contributed by atoms with Crippen molar-refractivity contribution in [3.63, 3.8) is 0 Å². The highest BCUT2D eigenvalue weighted by atomic mass is 16.5. The number of methoxy groups -OCH3 is 1. The minimum absolute atomic E-state index is 0.825. The Labute approximate surface area is 83.1 Å². The molecule has 0 spiro atoms. The van der Waals surface area contributed by atoms with E-state index in [1.165, 1.54) is 25.7 Å². The fourth-order valence-electron chi connectivity index (χ4n) is 1.28. The molecule has 2 nitrogen and oxygen atoms in total. The molecule has 0 saturated carbocycles. The minimum Gasteiger partial charge on any atom is -0.383 e. The first-order valence-corrected chi connectivity index (χ1v) is 5.47. The molecule has 2 heteroatoms. The van der Waals surface area contributed by atoms with Crippen LogP contribution in [0.5, 0.6) is 0 Å². The Bertz CT molecular complexity index is 94.1. The van der Waals surface area contributed by atoms with Crippen LogP contribution < -0.4 is 5.32 Å². The highest BCUT2D eigenvalue weighted by molar-refractivity contribution is 4.50. The summed E-state index contributed by atoms with van der Waals surface area (Å²) >= 11 is 0. The first-order valence-electron chi connectivity index (χ1n) is 5.47. The van der Waals surface area contributed by atoms with Crippen LogP contribution in [0.2, 0.25) is 0 Å². The summed E-state index contributed by atoms with van der Waals surface area (Å²) < 4.78 is 4.94. The van der Waals surface area contributed by atoms with Crippen LogP contribution in [-0.2, 0) is 4.74 Å². The van der Waals surface area contributed by atoms with Gasteiger partial charge in [0.2, 0.25) is 0 Å². The SMILES string of the molecule is COCCNCCCCCC(C)C. The standard InChI is InChI=1S/C11H25NO/c1-11(2)7-5-4-6-8-12-9-10-13-3/h11-12H,4-10H2,1-3H3. The van der Waals surface area contributed by atoms with Gasteiger partial charge < -0.3 is 10.1 Å². The van der Waals surface area contributed by atoms with Crippen molar-refractivity contribution in [2.24, 2.45) is 5.92 Å². The second kappa shape index (κ2) is 10.0. The predicted octanol–water partition coefficient (Wildman–Crippen LogP) is 2.44. The number of unbranched alkanes of at least 4 members (excludes halogenated alkanes) is 2. The van der Waals surface area contributed by atoms with E-state index >= 15 is 0 Å². The summed E-state index contributed by atoms with van der Waals surface area (Å²) in [5.41, 5.74) is 0. The molecule has 0 aliphatic heterocycles. The van der Waals surface area contributed by atoms with Gasteiger partial charge in [-0.1, -0.05) is 33.1 Å². The van der Waals surface area contributed by atoms with Gasteiger partial charge in [-0.25, -0.2) is 0 Å². The molecule has 0 radical (unpaired) electrons. The van der Waals surface area contributed by atoms with Gasteiger partial charge in [0.05, 0.1) is 6.61 Å². The van der Waals surface area contributed by atoms with Gasteiger partial charge in [-0.2, -0.15) is 0 Å². The van der Waals surface area contributed by atoms with Crippen LogP contribution in [0.4, 0.5) is 0 Å². The van der Waals surface area contributed by atoms with Gasteiger partial charge in [0.1, 0.15) is 0 Å². The van der Waals surface area contributed by atoms with Crippen molar-refractivity contribution in [1.29, 1.82) is 0 Å². The summed E-state index contributed by atoms with van der Waals surface area (Å²) in [4.78, 5) is 0. The molecule has 0 bridgehead atoms. The molecule has 0 amide bonds. The second-order valence-electron chi connectivity index (χ2n) is 3.99. The van der Waals surface area contributed by atoms with E-state index in [2.05, 4.69) is 19.2 Å². The Kier molecular flexibility index (Phi) is 9.94. The third kappa shape index (κ3) is 11.9. The second-order valence-corrected chi connectivity index (χ2v) is 3.99. The van der Waals surface area contributed by atoms with Crippen LogP contribution in [0.1, 0.15) is 39.5 Å². The van der Waals surface area contributed by atoms with Crippen molar-refractivity contribution in [2.45, 2.75) is 39.5 Å². The molecule has 0 unspecified atom stereocenters. The lowest BCUT2D eigenvalue weighted by molar-refractivity contribution is 0.199. The summed E-state index contributed by atoms with van der Waals surface area (Å²) in [6.07, 6.45) is 5.41. The number of ether oxygens (including phenoxy) is 1. The van der Waals surface area contributed by atoms with Gasteiger partial charge in [0.25, 0.3) is 0 Å². The molecule has 0 atom stereocenters. The molecule has 0 fully saturated rings. The summed E-state index contributed by atoms with van der Waals surface area (Å²) in [7, 11) is 1.74. The zero-order chi connectivity index (χ0) is 9.94. The molecule has 0 aromatic heterocycles. The average Bonchev–Trinajstić information content (AvgIpc) is 2.09. The largest absolute Gasteiger partial charge is 0.383 e. The molecule has 0 rings (SSSR count). The monoisotopic (exact) mass is 187 g/mol. The molecular weight excluding hydrogens is 162 g/mol. The predicted molar refractivity (Wildman–Crippen MR) is 58.1 cm³/mol. The Hall–Kier alpha value is -0.0800. The summed E-state index contributed by atoms with van der Waals surface area (Å²) in [6.45, 7) is 7.53. The maximum Gasteiger partial charge on any atom is 0.0587 e. The summed E-state index contributed by atoms with van der Waals surface area (Å²) in [5.74, 6) is 0.862. The molecule has 0 aromatic rings. The normalized spacial score (nSPS) is 11.1. The molecule has 13 heavy (non-hydrogen) atoms. The molecule has 0 aliphatic carbocycles. The molecular formula is C11H25NO. The molecule has 0 heterocycles. The first kappa shape index (κ1) is 12.9. The maximum atomic E-state index is 4.94. The van der Waals surface area contributed by atoms with Crippen molar-refractivity contribution < 1.29 is 4.74 Å². The highest BCUT2D eigenvalue weighted by Crippen LogP contribution is 2.07. The van der Waals surface area contributed by atoms with Crippen LogP contribution >= 0.6 is 0 Å². The lowest BCUT2D eigenvalue weighted by Crippen LogP contribution is -2.20. The third-order valence-electron chi connectivity index (χ3n) is 2.12. The maximum absolute atomic E-state index is 4.94. The van der Waals surface area contributed by atoms with E-state index in [1.54, 1.807) is 7.11 Å². The van der Waals surface area contributed by atoms with E-state index in [0.717, 1.165) is 25.6 Å². The number of hydrogen-bond donors (Lipinski definition) is 1. The third-order valence-corrected chi connectivity index (χ3v) is 2.12. The molecule has 0 aromatic carbocycles. The zero-order valence-corrected chi connectivity index (χ0v) is 9.44. The van der Waals surface area contributed by atoms with Gasteiger partial charge in [-0.05, 0) is 18.9 Å². The Morgan fingerprint density at radius 2 is 1.85 bits per heavy atom. The number of nitrogens with one attached hydrogen (secondary N) is 1. The van der Waals surface area contributed by atoms with Gasteiger partial charge in [0, 0.05) is 13.7 Å². The Morgan fingerprint density at radius 1 is 1.08 bits per heavy atom.